The Morgan fingerprint density at radius 2 is 2.06 bits per heavy atom. The van der Waals surface area contributed by atoms with Crippen LogP contribution in [0.4, 0.5) is 0 Å². The first kappa shape index (κ1) is 15.2. The van der Waals surface area contributed by atoms with E-state index in [4.69, 9.17) is 0 Å². The van der Waals surface area contributed by atoms with E-state index in [9.17, 15) is 9.90 Å². The Kier molecular flexibility index (Phi) is 4.93. The molecular weight excluding hydrogens is 294 g/mol. The lowest BCUT2D eigenvalue weighted by molar-refractivity contribution is 0.0314. The summed E-state index contributed by atoms with van der Waals surface area (Å²) in [6.07, 6.45) is 0. The zero-order valence-corrected chi connectivity index (χ0v) is 12.9. The molecule has 0 unspecified atom stereocenters. The first-order valence-corrected chi connectivity index (χ1v) is 6.81. The van der Waals surface area contributed by atoms with Crippen LogP contribution in [0.5, 0.6) is 0 Å². The number of carbonyl (C=O) groups excluding carboxylic acids is 1. The zero-order valence-electron chi connectivity index (χ0n) is 11.3. The SMILES string of the molecule is CCN(CC(C)(C)O)C(=O)c1ccc(Br)c(C)c1. The van der Waals surface area contributed by atoms with E-state index >= 15 is 0 Å². The number of hydrogen-bond acceptors (Lipinski definition) is 2. The normalized spacial score (nSPS) is 11.4. The average molecular weight is 314 g/mol. The maximum atomic E-state index is 12.3. The van der Waals surface area contributed by atoms with Crippen molar-refractivity contribution in [1.82, 2.24) is 4.90 Å². The van der Waals surface area contributed by atoms with Gasteiger partial charge in [-0.1, -0.05) is 15.9 Å². The minimum atomic E-state index is -0.879. The molecule has 0 aliphatic carbocycles. The van der Waals surface area contributed by atoms with Crippen molar-refractivity contribution in [3.63, 3.8) is 0 Å². The largest absolute Gasteiger partial charge is 0.389 e. The molecule has 100 valence electrons. The van der Waals surface area contributed by atoms with Crippen molar-refractivity contribution < 1.29 is 9.90 Å². The summed E-state index contributed by atoms with van der Waals surface area (Å²) in [6, 6.07) is 5.53. The summed E-state index contributed by atoms with van der Waals surface area (Å²) < 4.78 is 0.990. The number of halogens is 1. The number of carbonyl (C=O) groups is 1. The standard InChI is InChI=1S/C14H20BrNO2/c1-5-16(9-14(3,4)18)13(17)11-6-7-12(15)10(2)8-11/h6-8,18H,5,9H2,1-4H3. The molecule has 0 spiro atoms. The second kappa shape index (κ2) is 5.85. The lowest BCUT2D eigenvalue weighted by Crippen LogP contribution is -2.42. The molecule has 0 heterocycles. The Morgan fingerprint density at radius 3 is 2.50 bits per heavy atom. The van der Waals surface area contributed by atoms with Crippen LogP contribution in [-0.4, -0.2) is 34.6 Å². The summed E-state index contributed by atoms with van der Waals surface area (Å²) in [5.74, 6) is -0.0461. The molecule has 0 bridgehead atoms. The van der Waals surface area contributed by atoms with Gasteiger partial charge < -0.3 is 10.0 Å². The highest BCUT2D eigenvalue weighted by molar-refractivity contribution is 9.10. The lowest BCUT2D eigenvalue weighted by atomic mass is 10.1. The quantitative estimate of drug-likeness (QED) is 0.928. The number of nitrogens with zero attached hydrogens (tertiary/aromatic N) is 1. The summed E-state index contributed by atoms with van der Waals surface area (Å²) in [5, 5.41) is 9.81. The van der Waals surface area contributed by atoms with Crippen molar-refractivity contribution >= 4 is 21.8 Å². The van der Waals surface area contributed by atoms with E-state index in [2.05, 4.69) is 15.9 Å². The first-order valence-electron chi connectivity index (χ1n) is 6.02. The van der Waals surface area contributed by atoms with E-state index in [-0.39, 0.29) is 5.91 Å². The average Bonchev–Trinajstić information content (AvgIpc) is 2.27. The lowest BCUT2D eigenvalue weighted by Gasteiger charge is -2.28. The Balaban J connectivity index is 2.93. The molecule has 0 fully saturated rings. The topological polar surface area (TPSA) is 40.5 Å². The van der Waals surface area contributed by atoms with Gasteiger partial charge in [0, 0.05) is 23.1 Å². The molecule has 0 aliphatic rings. The van der Waals surface area contributed by atoms with Crippen LogP contribution in [0.15, 0.2) is 22.7 Å². The molecule has 1 aromatic carbocycles. The van der Waals surface area contributed by atoms with Gasteiger partial charge in [0.1, 0.15) is 0 Å². The molecule has 1 rings (SSSR count). The molecule has 1 amide bonds. The minimum absolute atomic E-state index is 0.0461. The third-order valence-corrected chi connectivity index (χ3v) is 3.54. The Morgan fingerprint density at radius 1 is 1.44 bits per heavy atom. The van der Waals surface area contributed by atoms with E-state index in [1.54, 1.807) is 24.8 Å². The third kappa shape index (κ3) is 4.10. The molecule has 1 aromatic rings. The highest BCUT2D eigenvalue weighted by Gasteiger charge is 2.22. The van der Waals surface area contributed by atoms with E-state index in [0.717, 1.165) is 10.0 Å². The van der Waals surface area contributed by atoms with E-state index in [1.807, 2.05) is 26.0 Å². The third-order valence-electron chi connectivity index (χ3n) is 2.65. The maximum absolute atomic E-state index is 12.3. The number of aryl methyl sites for hydroxylation is 1. The van der Waals surface area contributed by atoms with Gasteiger partial charge >= 0.3 is 0 Å². The maximum Gasteiger partial charge on any atom is 0.253 e. The zero-order chi connectivity index (χ0) is 13.9. The van der Waals surface area contributed by atoms with Gasteiger partial charge in [-0.3, -0.25) is 4.79 Å². The number of hydrogen-bond donors (Lipinski definition) is 1. The summed E-state index contributed by atoms with van der Waals surface area (Å²) >= 11 is 3.42. The molecule has 0 aromatic heterocycles. The summed E-state index contributed by atoms with van der Waals surface area (Å²) in [6.45, 7) is 8.18. The van der Waals surface area contributed by atoms with Crippen LogP contribution in [0.25, 0.3) is 0 Å². The van der Waals surface area contributed by atoms with Gasteiger partial charge in [-0.05, 0) is 51.5 Å². The van der Waals surface area contributed by atoms with Crippen molar-refractivity contribution in [3.8, 4) is 0 Å². The van der Waals surface area contributed by atoms with Gasteiger partial charge in [-0.25, -0.2) is 0 Å². The summed E-state index contributed by atoms with van der Waals surface area (Å²) in [7, 11) is 0. The fraction of sp³-hybridized carbons (Fsp3) is 0.500. The molecule has 18 heavy (non-hydrogen) atoms. The number of benzene rings is 1. The second-order valence-corrected chi connectivity index (χ2v) is 5.95. The van der Waals surface area contributed by atoms with Gasteiger partial charge in [0.15, 0.2) is 0 Å². The Labute approximate surface area is 117 Å². The van der Waals surface area contributed by atoms with Crippen LogP contribution in [-0.2, 0) is 0 Å². The number of amides is 1. The highest BCUT2D eigenvalue weighted by Crippen LogP contribution is 2.18. The van der Waals surface area contributed by atoms with Crippen LogP contribution < -0.4 is 0 Å². The summed E-state index contributed by atoms with van der Waals surface area (Å²) in [4.78, 5) is 14.0. The predicted octanol–water partition coefficient (Wildman–Crippen LogP) is 2.99. The van der Waals surface area contributed by atoms with Gasteiger partial charge in [-0.2, -0.15) is 0 Å². The molecule has 3 nitrogen and oxygen atoms in total. The number of likely N-dealkylation sites (N-methyl/N-ethyl adjacent to an activating group) is 1. The molecule has 0 saturated carbocycles. The molecule has 1 N–H and O–H groups in total. The number of aliphatic hydroxyl groups is 1. The van der Waals surface area contributed by atoms with Gasteiger partial charge in [0.25, 0.3) is 5.91 Å². The van der Waals surface area contributed by atoms with Crippen LogP contribution in [0.3, 0.4) is 0 Å². The molecule has 0 radical (unpaired) electrons. The van der Waals surface area contributed by atoms with Crippen LogP contribution >= 0.6 is 15.9 Å². The number of rotatable bonds is 4. The van der Waals surface area contributed by atoms with Gasteiger partial charge in [0.05, 0.1) is 5.60 Å². The van der Waals surface area contributed by atoms with Crippen LogP contribution in [0.2, 0.25) is 0 Å². The van der Waals surface area contributed by atoms with Gasteiger partial charge in [0.2, 0.25) is 0 Å². The summed E-state index contributed by atoms with van der Waals surface area (Å²) in [5.41, 5.74) is 0.803. The molecule has 0 saturated heterocycles. The minimum Gasteiger partial charge on any atom is -0.389 e. The van der Waals surface area contributed by atoms with E-state index in [0.29, 0.717) is 18.7 Å². The van der Waals surface area contributed by atoms with Crippen molar-refractivity contribution in [2.75, 3.05) is 13.1 Å². The predicted molar refractivity (Wildman–Crippen MR) is 76.8 cm³/mol. The van der Waals surface area contributed by atoms with Crippen molar-refractivity contribution in [2.24, 2.45) is 0 Å². The molecule has 0 aliphatic heterocycles. The monoisotopic (exact) mass is 313 g/mol. The van der Waals surface area contributed by atoms with Crippen molar-refractivity contribution in [3.05, 3.63) is 33.8 Å². The van der Waals surface area contributed by atoms with E-state index < -0.39 is 5.60 Å². The van der Waals surface area contributed by atoms with E-state index in [1.165, 1.54) is 0 Å². The smallest absolute Gasteiger partial charge is 0.253 e. The Bertz CT molecular complexity index is 438. The van der Waals surface area contributed by atoms with Crippen LogP contribution in [0, 0.1) is 6.92 Å². The fourth-order valence-electron chi connectivity index (χ4n) is 1.75. The molecule has 4 heteroatoms. The molecule has 0 atom stereocenters. The fourth-order valence-corrected chi connectivity index (χ4v) is 2.00. The van der Waals surface area contributed by atoms with Crippen LogP contribution in [0.1, 0.15) is 36.7 Å². The Hall–Kier alpha value is -0.870. The highest BCUT2D eigenvalue weighted by atomic mass is 79.9. The van der Waals surface area contributed by atoms with Crippen molar-refractivity contribution in [2.45, 2.75) is 33.3 Å². The van der Waals surface area contributed by atoms with Gasteiger partial charge in [-0.15, -0.1) is 0 Å². The first-order chi connectivity index (χ1) is 8.24. The second-order valence-electron chi connectivity index (χ2n) is 5.10. The molecular formula is C14H20BrNO2. The van der Waals surface area contributed by atoms with Crippen molar-refractivity contribution in [1.29, 1.82) is 0 Å².